The molecule has 2 rings (SSSR count). The molecule has 0 saturated carbocycles. The van der Waals surface area contributed by atoms with Gasteiger partial charge < -0.3 is 14.6 Å². The second-order valence-corrected chi connectivity index (χ2v) is 6.00. The molecule has 7 heteroatoms. The lowest BCUT2D eigenvalue weighted by molar-refractivity contribution is -0.134. The summed E-state index contributed by atoms with van der Waals surface area (Å²) < 4.78 is 5.10. The molecular formula is C19H20N4O3. The molecule has 0 aliphatic rings. The number of aromatic amines is 1. The fourth-order valence-corrected chi connectivity index (χ4v) is 2.74. The Morgan fingerprint density at radius 3 is 2.38 bits per heavy atom. The van der Waals surface area contributed by atoms with Gasteiger partial charge in [0, 0.05) is 24.0 Å². The number of nitrogens with one attached hydrogen (secondary N) is 1. The van der Waals surface area contributed by atoms with Crippen LogP contribution in [0.3, 0.4) is 0 Å². The number of benzene rings is 1. The third-order valence-corrected chi connectivity index (χ3v) is 3.98. The summed E-state index contributed by atoms with van der Waals surface area (Å²) in [6.07, 6.45) is 0.317. The lowest BCUT2D eigenvalue weighted by atomic mass is 10.1. The van der Waals surface area contributed by atoms with E-state index in [0.29, 0.717) is 0 Å². The molecule has 1 aromatic heterocycles. The van der Waals surface area contributed by atoms with Crippen molar-refractivity contribution in [1.29, 1.82) is 10.5 Å². The molecule has 0 bridgehead atoms. The summed E-state index contributed by atoms with van der Waals surface area (Å²) in [5.41, 5.74) is 3.25. The SMILES string of the molecule is Cc1cc(C)c2cc(C(=O)OCC(=O)N(CCC#N)CCC#N)[nH]c2c1. The molecule has 0 aliphatic carbocycles. The Morgan fingerprint density at radius 2 is 1.77 bits per heavy atom. The van der Waals surface area contributed by atoms with E-state index in [1.165, 1.54) is 4.90 Å². The average Bonchev–Trinajstić information content (AvgIpc) is 3.04. The van der Waals surface area contributed by atoms with Crippen molar-refractivity contribution in [3.05, 3.63) is 35.0 Å². The van der Waals surface area contributed by atoms with E-state index in [2.05, 4.69) is 4.98 Å². The van der Waals surface area contributed by atoms with Crippen molar-refractivity contribution in [2.45, 2.75) is 26.7 Å². The van der Waals surface area contributed by atoms with Crippen LogP contribution in [0.1, 0.15) is 34.5 Å². The van der Waals surface area contributed by atoms with Crippen molar-refractivity contribution in [3.63, 3.8) is 0 Å². The highest BCUT2D eigenvalue weighted by molar-refractivity contribution is 5.96. The molecule has 0 atom stereocenters. The van der Waals surface area contributed by atoms with Gasteiger partial charge in [-0.25, -0.2) is 4.79 Å². The number of nitriles is 2. The van der Waals surface area contributed by atoms with E-state index < -0.39 is 18.5 Å². The summed E-state index contributed by atoms with van der Waals surface area (Å²) in [6.45, 7) is 3.92. The molecule has 0 radical (unpaired) electrons. The maximum absolute atomic E-state index is 12.2. The molecule has 1 N–H and O–H groups in total. The Labute approximate surface area is 151 Å². The number of fused-ring (bicyclic) bond motifs is 1. The van der Waals surface area contributed by atoms with Gasteiger partial charge in [-0.1, -0.05) is 6.07 Å². The zero-order valence-corrected chi connectivity index (χ0v) is 14.8. The topological polar surface area (TPSA) is 110 Å². The molecule has 0 fully saturated rings. The first-order chi connectivity index (χ1) is 12.5. The standard InChI is InChI=1S/C19H20N4O3/c1-13-9-14(2)15-11-17(22-16(15)10-13)19(25)26-12-18(24)23(7-3-5-20)8-4-6-21/h9-11,22H,3-4,7-8,12H2,1-2H3. The number of ether oxygens (including phenoxy) is 1. The number of hydrogen-bond acceptors (Lipinski definition) is 5. The molecule has 26 heavy (non-hydrogen) atoms. The number of carbonyl (C=O) groups excluding carboxylic acids is 2. The maximum atomic E-state index is 12.2. The van der Waals surface area contributed by atoms with E-state index in [1.807, 2.05) is 38.1 Å². The minimum atomic E-state index is -0.618. The van der Waals surface area contributed by atoms with Crippen LogP contribution in [0.15, 0.2) is 18.2 Å². The number of esters is 1. The highest BCUT2D eigenvalue weighted by Gasteiger charge is 2.18. The first kappa shape index (κ1) is 19.0. The second-order valence-electron chi connectivity index (χ2n) is 6.00. The smallest absolute Gasteiger partial charge is 0.355 e. The Morgan fingerprint density at radius 1 is 1.12 bits per heavy atom. The lowest BCUT2D eigenvalue weighted by Gasteiger charge is -2.19. The van der Waals surface area contributed by atoms with Crippen LogP contribution in [0.2, 0.25) is 0 Å². The summed E-state index contributed by atoms with van der Waals surface area (Å²) in [6, 6.07) is 9.58. The van der Waals surface area contributed by atoms with Crippen molar-refractivity contribution in [3.8, 4) is 12.1 Å². The van der Waals surface area contributed by atoms with Crippen LogP contribution >= 0.6 is 0 Å². The molecule has 0 unspecified atom stereocenters. The van der Waals surface area contributed by atoms with E-state index >= 15 is 0 Å². The van der Waals surface area contributed by atoms with E-state index in [-0.39, 0.29) is 31.6 Å². The predicted octanol–water partition coefficient (Wildman–Crippen LogP) is 2.60. The van der Waals surface area contributed by atoms with Crippen LogP contribution < -0.4 is 0 Å². The number of amides is 1. The molecule has 1 heterocycles. The fourth-order valence-electron chi connectivity index (χ4n) is 2.74. The lowest BCUT2D eigenvalue weighted by Crippen LogP contribution is -2.36. The van der Waals surface area contributed by atoms with Gasteiger partial charge in [0.15, 0.2) is 6.61 Å². The van der Waals surface area contributed by atoms with E-state index in [1.54, 1.807) is 6.07 Å². The summed E-state index contributed by atoms with van der Waals surface area (Å²) in [5, 5.41) is 18.2. The minimum Gasteiger partial charge on any atom is -0.451 e. The Bertz CT molecular complexity index is 884. The third-order valence-electron chi connectivity index (χ3n) is 3.98. The van der Waals surface area contributed by atoms with Crippen LogP contribution in [0.5, 0.6) is 0 Å². The van der Waals surface area contributed by atoms with Crippen molar-refractivity contribution < 1.29 is 14.3 Å². The maximum Gasteiger partial charge on any atom is 0.355 e. The Hall–Kier alpha value is -3.32. The van der Waals surface area contributed by atoms with Crippen molar-refractivity contribution in [2.75, 3.05) is 19.7 Å². The predicted molar refractivity (Wildman–Crippen MR) is 95.1 cm³/mol. The molecule has 1 amide bonds. The second kappa shape index (κ2) is 8.68. The van der Waals surface area contributed by atoms with Gasteiger partial charge in [-0.05, 0) is 37.1 Å². The largest absolute Gasteiger partial charge is 0.451 e. The monoisotopic (exact) mass is 352 g/mol. The highest BCUT2D eigenvalue weighted by Crippen LogP contribution is 2.21. The normalized spacial score (nSPS) is 10.2. The van der Waals surface area contributed by atoms with Gasteiger partial charge >= 0.3 is 5.97 Å². The van der Waals surface area contributed by atoms with Gasteiger partial charge in [0.25, 0.3) is 5.91 Å². The number of aryl methyl sites for hydroxylation is 2. The van der Waals surface area contributed by atoms with Gasteiger partial charge in [-0.15, -0.1) is 0 Å². The molecule has 134 valence electrons. The van der Waals surface area contributed by atoms with E-state index in [9.17, 15) is 9.59 Å². The highest BCUT2D eigenvalue weighted by atomic mass is 16.5. The van der Waals surface area contributed by atoms with Gasteiger partial charge in [-0.2, -0.15) is 10.5 Å². The van der Waals surface area contributed by atoms with Crippen molar-refractivity contribution >= 4 is 22.8 Å². The van der Waals surface area contributed by atoms with Crippen LogP contribution in [0, 0.1) is 36.5 Å². The van der Waals surface area contributed by atoms with Crippen LogP contribution in [0.25, 0.3) is 10.9 Å². The van der Waals surface area contributed by atoms with Crippen molar-refractivity contribution in [2.24, 2.45) is 0 Å². The van der Waals surface area contributed by atoms with Crippen LogP contribution in [-0.2, 0) is 9.53 Å². The first-order valence-electron chi connectivity index (χ1n) is 8.25. The number of nitrogens with zero attached hydrogens (tertiary/aromatic N) is 3. The molecule has 0 aliphatic heterocycles. The zero-order chi connectivity index (χ0) is 19.1. The van der Waals surface area contributed by atoms with E-state index in [4.69, 9.17) is 15.3 Å². The van der Waals surface area contributed by atoms with Gasteiger partial charge in [0.05, 0.1) is 25.0 Å². The first-order valence-corrected chi connectivity index (χ1v) is 8.25. The minimum absolute atomic E-state index is 0.158. The number of H-pyrrole nitrogens is 1. The number of carbonyl (C=O) groups is 2. The molecule has 0 saturated heterocycles. The van der Waals surface area contributed by atoms with Crippen LogP contribution in [0.4, 0.5) is 0 Å². The summed E-state index contributed by atoms with van der Waals surface area (Å²) in [4.78, 5) is 28.8. The number of rotatable bonds is 7. The Balaban J connectivity index is 2.03. The summed E-state index contributed by atoms with van der Waals surface area (Å²) in [7, 11) is 0. The summed E-state index contributed by atoms with van der Waals surface area (Å²) >= 11 is 0. The Kier molecular flexibility index (Phi) is 6.35. The molecule has 2 aromatic rings. The molecule has 1 aromatic carbocycles. The van der Waals surface area contributed by atoms with E-state index in [0.717, 1.165) is 22.0 Å². The van der Waals surface area contributed by atoms with Crippen LogP contribution in [-0.4, -0.2) is 41.5 Å². The summed E-state index contributed by atoms with van der Waals surface area (Å²) in [5.74, 6) is -1.04. The molecule has 0 spiro atoms. The average molecular weight is 352 g/mol. The van der Waals surface area contributed by atoms with Gasteiger partial charge in [0.2, 0.25) is 0 Å². The molecule has 7 nitrogen and oxygen atoms in total. The fraction of sp³-hybridized carbons (Fsp3) is 0.368. The van der Waals surface area contributed by atoms with Gasteiger partial charge in [0.1, 0.15) is 5.69 Å². The van der Waals surface area contributed by atoms with Gasteiger partial charge in [-0.3, -0.25) is 4.79 Å². The number of hydrogen-bond donors (Lipinski definition) is 1. The quantitative estimate of drug-likeness (QED) is 0.770. The number of aromatic nitrogens is 1. The van der Waals surface area contributed by atoms with Crippen molar-refractivity contribution in [1.82, 2.24) is 9.88 Å². The molecular weight excluding hydrogens is 332 g/mol. The third kappa shape index (κ3) is 4.61. The zero-order valence-electron chi connectivity index (χ0n) is 14.8.